The smallest absolute Gasteiger partial charge is 0.329 e. The van der Waals surface area contributed by atoms with Crippen LogP contribution in [0.3, 0.4) is 0 Å². The number of amides is 2. The van der Waals surface area contributed by atoms with E-state index < -0.39 is 11.8 Å². The number of nitrogens with zero attached hydrogens (tertiary/aromatic N) is 2. The molecule has 29 heavy (non-hydrogen) atoms. The van der Waals surface area contributed by atoms with Crippen molar-refractivity contribution in [1.29, 1.82) is 0 Å². The second-order valence-corrected chi connectivity index (χ2v) is 6.18. The van der Waals surface area contributed by atoms with Crippen LogP contribution in [0.4, 0.5) is 0 Å². The highest BCUT2D eigenvalue weighted by molar-refractivity contribution is 5.84. The van der Waals surface area contributed by atoms with Crippen LogP contribution in [0.1, 0.15) is 6.92 Å². The minimum absolute atomic E-state index is 0.228. The largest absolute Gasteiger partial charge is 0.490 e. The van der Waals surface area contributed by atoms with Crippen LogP contribution in [0.2, 0.25) is 0 Å². The molecule has 1 heterocycles. The van der Waals surface area contributed by atoms with E-state index in [0.29, 0.717) is 23.6 Å². The summed E-state index contributed by atoms with van der Waals surface area (Å²) in [7, 11) is 1.64. The van der Waals surface area contributed by atoms with Crippen molar-refractivity contribution >= 4 is 22.8 Å². The number of para-hydroxylation sites is 4. The number of carbonyl (C=O) groups is 2. The maximum atomic E-state index is 12.3. The molecule has 9 nitrogen and oxygen atoms in total. The number of benzene rings is 2. The molecule has 0 saturated carbocycles. The zero-order chi connectivity index (χ0) is 20.8. The monoisotopic (exact) mass is 398 g/mol. The number of hydrogen-bond donors (Lipinski definition) is 2. The van der Waals surface area contributed by atoms with Gasteiger partial charge in [0.1, 0.15) is 6.54 Å². The first-order valence-electron chi connectivity index (χ1n) is 9.07. The molecule has 1 aromatic heterocycles. The first-order chi connectivity index (χ1) is 14.0. The molecular formula is C20H22N4O5. The number of ether oxygens (including phenoxy) is 2. The third-order valence-corrected chi connectivity index (χ3v) is 4.20. The summed E-state index contributed by atoms with van der Waals surface area (Å²) >= 11 is 0. The maximum absolute atomic E-state index is 12.3. The number of carbonyl (C=O) groups excluding carboxylic acids is 2. The molecule has 2 amide bonds. The van der Waals surface area contributed by atoms with Gasteiger partial charge in [-0.1, -0.05) is 24.3 Å². The van der Waals surface area contributed by atoms with Gasteiger partial charge in [0.05, 0.1) is 17.6 Å². The maximum Gasteiger partial charge on any atom is 0.329 e. The van der Waals surface area contributed by atoms with Gasteiger partial charge in [-0.05, 0) is 31.2 Å². The summed E-state index contributed by atoms with van der Waals surface area (Å²) in [6.45, 7) is 1.78. The van der Waals surface area contributed by atoms with Gasteiger partial charge in [0.15, 0.2) is 18.1 Å². The summed E-state index contributed by atoms with van der Waals surface area (Å²) in [6.07, 6.45) is 0. The normalized spacial score (nSPS) is 10.6. The molecular weight excluding hydrogens is 376 g/mol. The van der Waals surface area contributed by atoms with Crippen LogP contribution in [0, 0.1) is 0 Å². The van der Waals surface area contributed by atoms with E-state index in [1.807, 2.05) is 13.0 Å². The summed E-state index contributed by atoms with van der Waals surface area (Å²) in [4.78, 5) is 36.5. The summed E-state index contributed by atoms with van der Waals surface area (Å²) in [6, 6.07) is 14.1. The summed E-state index contributed by atoms with van der Waals surface area (Å²) in [5.74, 6) is -0.123. The first kappa shape index (κ1) is 20.0. The fourth-order valence-corrected chi connectivity index (χ4v) is 2.86. The topological polar surface area (TPSA) is 104 Å². The van der Waals surface area contributed by atoms with Crippen molar-refractivity contribution in [3.63, 3.8) is 0 Å². The summed E-state index contributed by atoms with van der Waals surface area (Å²) in [5.41, 5.74) is 5.60. The predicted octanol–water partition coefficient (Wildman–Crippen LogP) is 0.965. The molecule has 0 atom stereocenters. The Balaban J connectivity index is 1.55. The van der Waals surface area contributed by atoms with Crippen molar-refractivity contribution in [3.05, 3.63) is 59.0 Å². The van der Waals surface area contributed by atoms with Crippen LogP contribution in [0.25, 0.3) is 11.0 Å². The number of aromatic nitrogens is 2. The highest BCUT2D eigenvalue weighted by Crippen LogP contribution is 2.26. The van der Waals surface area contributed by atoms with Crippen LogP contribution < -0.4 is 26.0 Å². The number of fused-ring (bicyclic) bond motifs is 1. The van der Waals surface area contributed by atoms with Gasteiger partial charge in [0.25, 0.3) is 11.8 Å². The Bertz CT molecular complexity index is 1090. The Kier molecular flexibility index (Phi) is 6.18. The number of imidazole rings is 1. The Morgan fingerprint density at radius 3 is 2.17 bits per heavy atom. The third-order valence-electron chi connectivity index (χ3n) is 4.20. The van der Waals surface area contributed by atoms with Gasteiger partial charge in [0, 0.05) is 7.05 Å². The van der Waals surface area contributed by atoms with Gasteiger partial charge in [-0.25, -0.2) is 4.79 Å². The Labute approximate surface area is 166 Å². The average molecular weight is 398 g/mol. The first-order valence-corrected chi connectivity index (χ1v) is 9.07. The minimum Gasteiger partial charge on any atom is -0.490 e. The lowest BCUT2D eigenvalue weighted by molar-refractivity contribution is -0.130. The molecule has 0 aliphatic rings. The molecule has 9 heteroatoms. The van der Waals surface area contributed by atoms with Gasteiger partial charge >= 0.3 is 5.69 Å². The van der Waals surface area contributed by atoms with E-state index in [2.05, 4.69) is 10.9 Å². The van der Waals surface area contributed by atoms with E-state index in [-0.39, 0.29) is 18.8 Å². The van der Waals surface area contributed by atoms with E-state index in [1.165, 1.54) is 9.13 Å². The quantitative estimate of drug-likeness (QED) is 0.577. The molecule has 0 bridgehead atoms. The molecule has 0 unspecified atom stereocenters. The highest BCUT2D eigenvalue weighted by atomic mass is 16.5. The fraction of sp³-hybridized carbons (Fsp3) is 0.250. The molecule has 3 aromatic rings. The molecule has 152 valence electrons. The third kappa shape index (κ3) is 4.57. The van der Waals surface area contributed by atoms with Crippen LogP contribution in [0.15, 0.2) is 53.3 Å². The van der Waals surface area contributed by atoms with Gasteiger partial charge in [-0.2, -0.15) is 0 Å². The van der Waals surface area contributed by atoms with Gasteiger partial charge in [-0.3, -0.25) is 29.6 Å². The van der Waals surface area contributed by atoms with E-state index in [9.17, 15) is 14.4 Å². The molecule has 0 saturated heterocycles. The lowest BCUT2D eigenvalue weighted by Crippen LogP contribution is -2.45. The van der Waals surface area contributed by atoms with Crippen molar-refractivity contribution in [3.8, 4) is 11.5 Å². The van der Waals surface area contributed by atoms with Crippen molar-refractivity contribution in [2.45, 2.75) is 13.5 Å². The lowest BCUT2D eigenvalue weighted by Gasteiger charge is -2.12. The predicted molar refractivity (Wildman–Crippen MR) is 107 cm³/mol. The molecule has 0 aliphatic heterocycles. The van der Waals surface area contributed by atoms with Crippen molar-refractivity contribution in [2.24, 2.45) is 7.05 Å². The number of hydrogen-bond acceptors (Lipinski definition) is 5. The molecule has 3 rings (SSSR count). The van der Waals surface area contributed by atoms with Crippen molar-refractivity contribution in [1.82, 2.24) is 20.0 Å². The van der Waals surface area contributed by atoms with Gasteiger partial charge in [0.2, 0.25) is 0 Å². The SMILES string of the molecule is CCOc1ccccc1OCC(=O)NNC(=O)Cn1c(=O)n(C)c2ccccc21. The molecule has 2 N–H and O–H groups in total. The summed E-state index contributed by atoms with van der Waals surface area (Å²) < 4.78 is 13.7. The number of aryl methyl sites for hydroxylation is 1. The summed E-state index contributed by atoms with van der Waals surface area (Å²) in [5, 5.41) is 0. The Morgan fingerprint density at radius 1 is 0.897 bits per heavy atom. The molecule has 2 aromatic carbocycles. The van der Waals surface area contributed by atoms with Gasteiger partial charge in [-0.15, -0.1) is 0 Å². The second kappa shape index (κ2) is 8.96. The Hall–Kier alpha value is -3.75. The van der Waals surface area contributed by atoms with Gasteiger partial charge < -0.3 is 9.47 Å². The zero-order valence-electron chi connectivity index (χ0n) is 16.2. The van der Waals surface area contributed by atoms with Crippen LogP contribution in [-0.4, -0.2) is 34.2 Å². The van der Waals surface area contributed by atoms with Crippen LogP contribution in [-0.2, 0) is 23.2 Å². The number of rotatable bonds is 7. The van der Waals surface area contributed by atoms with Crippen molar-refractivity contribution < 1.29 is 19.1 Å². The van der Waals surface area contributed by atoms with Crippen LogP contribution >= 0.6 is 0 Å². The molecule has 0 aliphatic carbocycles. The average Bonchev–Trinajstić information content (AvgIpc) is 2.97. The fourth-order valence-electron chi connectivity index (χ4n) is 2.86. The number of nitrogens with one attached hydrogen (secondary N) is 2. The molecule has 0 fully saturated rings. The van der Waals surface area contributed by atoms with Crippen molar-refractivity contribution in [2.75, 3.05) is 13.2 Å². The van der Waals surface area contributed by atoms with Crippen LogP contribution in [0.5, 0.6) is 11.5 Å². The van der Waals surface area contributed by atoms with E-state index in [0.717, 1.165) is 5.52 Å². The standard InChI is InChI=1S/C20H22N4O5/c1-3-28-16-10-6-7-11-17(16)29-13-19(26)22-21-18(25)12-24-15-9-5-4-8-14(15)23(2)20(24)27/h4-11H,3,12-13H2,1-2H3,(H,21,25)(H,22,26). The van der Waals surface area contributed by atoms with E-state index >= 15 is 0 Å². The Morgan fingerprint density at radius 2 is 1.48 bits per heavy atom. The minimum atomic E-state index is -0.546. The molecule has 0 spiro atoms. The zero-order valence-corrected chi connectivity index (χ0v) is 16.2. The molecule has 0 radical (unpaired) electrons. The van der Waals surface area contributed by atoms with E-state index in [1.54, 1.807) is 49.5 Å². The number of hydrazine groups is 1. The lowest BCUT2D eigenvalue weighted by atomic mass is 10.3. The second-order valence-electron chi connectivity index (χ2n) is 6.18. The highest BCUT2D eigenvalue weighted by Gasteiger charge is 2.14. The van der Waals surface area contributed by atoms with E-state index in [4.69, 9.17) is 9.47 Å².